The van der Waals surface area contributed by atoms with E-state index in [1.807, 2.05) is 6.92 Å². The van der Waals surface area contributed by atoms with Crippen LogP contribution in [0.1, 0.15) is 17.4 Å². The van der Waals surface area contributed by atoms with Gasteiger partial charge in [0.2, 0.25) is 0 Å². The molecule has 0 fully saturated rings. The molecule has 2 aromatic carbocycles. The van der Waals surface area contributed by atoms with Crippen LogP contribution in [0.15, 0.2) is 54.9 Å². The molecule has 27 heavy (non-hydrogen) atoms. The van der Waals surface area contributed by atoms with E-state index in [4.69, 9.17) is 4.74 Å². The zero-order chi connectivity index (χ0) is 19.2. The lowest BCUT2D eigenvalue weighted by atomic mass is 10.2. The SMILES string of the molecule is CCOc1ccc(NC(=O)c2cc(Nc3c(F)cccc3F)ncn2)cc1. The van der Waals surface area contributed by atoms with Crippen molar-refractivity contribution < 1.29 is 18.3 Å². The number of hydrogen-bond acceptors (Lipinski definition) is 5. The molecule has 0 saturated carbocycles. The minimum absolute atomic E-state index is 0.0399. The normalized spacial score (nSPS) is 10.3. The number of rotatable bonds is 6. The Morgan fingerprint density at radius 1 is 1.07 bits per heavy atom. The third-order valence-electron chi connectivity index (χ3n) is 3.54. The Kier molecular flexibility index (Phi) is 5.55. The van der Waals surface area contributed by atoms with Gasteiger partial charge < -0.3 is 15.4 Å². The molecule has 8 heteroatoms. The summed E-state index contributed by atoms with van der Waals surface area (Å²) in [5.74, 6) is -1.25. The summed E-state index contributed by atoms with van der Waals surface area (Å²) in [6.07, 6.45) is 1.13. The number of amides is 1. The summed E-state index contributed by atoms with van der Waals surface area (Å²) in [6.45, 7) is 2.43. The van der Waals surface area contributed by atoms with Crippen molar-refractivity contribution in [1.29, 1.82) is 0 Å². The van der Waals surface area contributed by atoms with Crippen LogP contribution in [0.5, 0.6) is 5.75 Å². The van der Waals surface area contributed by atoms with E-state index < -0.39 is 17.5 Å². The first-order valence-electron chi connectivity index (χ1n) is 8.14. The van der Waals surface area contributed by atoms with Gasteiger partial charge >= 0.3 is 0 Å². The number of nitrogens with zero attached hydrogens (tertiary/aromatic N) is 2. The summed E-state index contributed by atoms with van der Waals surface area (Å²) >= 11 is 0. The molecule has 0 radical (unpaired) electrons. The van der Waals surface area contributed by atoms with Gasteiger partial charge in [-0.05, 0) is 43.3 Å². The molecule has 0 bridgehead atoms. The third-order valence-corrected chi connectivity index (χ3v) is 3.54. The zero-order valence-electron chi connectivity index (χ0n) is 14.4. The van der Waals surface area contributed by atoms with Gasteiger partial charge in [0.25, 0.3) is 5.91 Å². The molecule has 6 nitrogen and oxygen atoms in total. The molecule has 2 N–H and O–H groups in total. The molecule has 1 amide bonds. The largest absolute Gasteiger partial charge is 0.494 e. The van der Waals surface area contributed by atoms with Gasteiger partial charge in [0.05, 0.1) is 6.61 Å². The highest BCUT2D eigenvalue weighted by Crippen LogP contribution is 2.22. The quantitative estimate of drug-likeness (QED) is 0.682. The number of carbonyl (C=O) groups excluding carboxylic acids is 1. The molecule has 3 aromatic rings. The van der Waals surface area contributed by atoms with Crippen molar-refractivity contribution in [3.63, 3.8) is 0 Å². The van der Waals surface area contributed by atoms with Crippen LogP contribution >= 0.6 is 0 Å². The predicted octanol–water partition coefficient (Wildman–Crippen LogP) is 4.15. The maximum Gasteiger partial charge on any atom is 0.274 e. The Hall–Kier alpha value is -3.55. The minimum Gasteiger partial charge on any atom is -0.494 e. The van der Waals surface area contributed by atoms with Crippen molar-refractivity contribution in [1.82, 2.24) is 9.97 Å². The second-order valence-electron chi connectivity index (χ2n) is 5.42. The summed E-state index contributed by atoms with van der Waals surface area (Å²) in [5.41, 5.74) is 0.240. The number of halogens is 2. The second-order valence-corrected chi connectivity index (χ2v) is 5.42. The molecule has 1 aromatic heterocycles. The maximum atomic E-state index is 13.7. The molecule has 1 heterocycles. The van der Waals surface area contributed by atoms with Gasteiger partial charge in [-0.15, -0.1) is 0 Å². The average molecular weight is 370 g/mol. The van der Waals surface area contributed by atoms with Gasteiger partial charge in [0.1, 0.15) is 40.9 Å². The number of hydrogen-bond donors (Lipinski definition) is 2. The zero-order valence-corrected chi connectivity index (χ0v) is 14.4. The predicted molar refractivity (Wildman–Crippen MR) is 97.2 cm³/mol. The molecular weight excluding hydrogens is 354 g/mol. The van der Waals surface area contributed by atoms with Crippen LogP contribution < -0.4 is 15.4 Å². The number of aromatic nitrogens is 2. The van der Waals surface area contributed by atoms with E-state index in [2.05, 4.69) is 20.6 Å². The van der Waals surface area contributed by atoms with E-state index >= 15 is 0 Å². The summed E-state index contributed by atoms with van der Waals surface area (Å²) in [5, 5.41) is 5.20. The highest BCUT2D eigenvalue weighted by molar-refractivity contribution is 6.03. The molecule has 0 spiro atoms. The van der Waals surface area contributed by atoms with Crippen LogP contribution in [0.2, 0.25) is 0 Å². The number of benzene rings is 2. The van der Waals surface area contributed by atoms with E-state index in [-0.39, 0.29) is 17.2 Å². The summed E-state index contributed by atoms with van der Waals surface area (Å²) in [6, 6.07) is 11.6. The Morgan fingerprint density at radius 2 is 1.78 bits per heavy atom. The van der Waals surface area contributed by atoms with E-state index in [1.54, 1.807) is 24.3 Å². The molecule has 0 saturated heterocycles. The highest BCUT2D eigenvalue weighted by Gasteiger charge is 2.12. The van der Waals surface area contributed by atoms with Crippen molar-refractivity contribution in [2.75, 3.05) is 17.2 Å². The van der Waals surface area contributed by atoms with Crippen molar-refractivity contribution in [2.45, 2.75) is 6.92 Å². The van der Waals surface area contributed by atoms with Gasteiger partial charge in [0, 0.05) is 11.8 Å². The summed E-state index contributed by atoms with van der Waals surface area (Å²) in [4.78, 5) is 20.1. The number of carbonyl (C=O) groups is 1. The molecule has 0 aliphatic carbocycles. The van der Waals surface area contributed by atoms with Crippen LogP contribution in [-0.4, -0.2) is 22.5 Å². The van der Waals surface area contributed by atoms with Crippen molar-refractivity contribution >= 4 is 23.1 Å². The fourth-order valence-corrected chi connectivity index (χ4v) is 2.29. The number of ether oxygens (including phenoxy) is 1. The molecule has 3 rings (SSSR count). The van der Waals surface area contributed by atoms with Gasteiger partial charge in [-0.3, -0.25) is 4.79 Å². The first-order chi connectivity index (χ1) is 13.1. The lowest BCUT2D eigenvalue weighted by Gasteiger charge is -2.09. The van der Waals surface area contributed by atoms with Crippen molar-refractivity contribution in [3.05, 3.63) is 72.2 Å². The average Bonchev–Trinajstić information content (AvgIpc) is 2.67. The lowest BCUT2D eigenvalue weighted by molar-refractivity contribution is 0.102. The van der Waals surface area contributed by atoms with Gasteiger partial charge in [-0.1, -0.05) is 6.07 Å². The smallest absolute Gasteiger partial charge is 0.274 e. The fraction of sp³-hybridized carbons (Fsp3) is 0.105. The van der Waals surface area contributed by atoms with Crippen LogP contribution in [-0.2, 0) is 0 Å². The number of nitrogens with one attached hydrogen (secondary N) is 2. The minimum atomic E-state index is -0.769. The lowest BCUT2D eigenvalue weighted by Crippen LogP contribution is -2.14. The molecular formula is C19H16F2N4O2. The van der Waals surface area contributed by atoms with E-state index in [0.717, 1.165) is 18.5 Å². The topological polar surface area (TPSA) is 76.1 Å². The molecule has 0 aliphatic rings. The van der Waals surface area contributed by atoms with Crippen LogP contribution in [0.3, 0.4) is 0 Å². The van der Waals surface area contributed by atoms with Crippen LogP contribution in [0.25, 0.3) is 0 Å². The molecule has 0 unspecified atom stereocenters. The van der Waals surface area contributed by atoms with E-state index in [1.165, 1.54) is 12.1 Å². The van der Waals surface area contributed by atoms with Gasteiger partial charge in [-0.25, -0.2) is 18.7 Å². The Labute approximate surface area is 154 Å². The van der Waals surface area contributed by atoms with Crippen molar-refractivity contribution in [2.24, 2.45) is 0 Å². The maximum absolute atomic E-state index is 13.7. The summed E-state index contributed by atoms with van der Waals surface area (Å²) < 4.78 is 32.8. The standard InChI is InChI=1S/C19H16F2N4O2/c1-2-27-13-8-6-12(7-9-13)24-19(26)16-10-17(23-11-22-16)25-18-14(20)4-3-5-15(18)21/h3-11H,2H2,1H3,(H,24,26)(H,22,23,25). The fourth-order valence-electron chi connectivity index (χ4n) is 2.29. The Balaban J connectivity index is 1.73. The number of para-hydroxylation sites is 1. The van der Waals surface area contributed by atoms with Crippen molar-refractivity contribution in [3.8, 4) is 5.75 Å². The summed E-state index contributed by atoms with van der Waals surface area (Å²) in [7, 11) is 0. The Bertz CT molecular complexity index is 928. The first kappa shape index (κ1) is 18.2. The molecule has 0 aliphatic heterocycles. The second kappa shape index (κ2) is 8.22. The molecule has 138 valence electrons. The first-order valence-corrected chi connectivity index (χ1v) is 8.14. The number of anilines is 3. The third kappa shape index (κ3) is 4.55. The highest BCUT2D eigenvalue weighted by atomic mass is 19.1. The Morgan fingerprint density at radius 3 is 2.44 bits per heavy atom. The molecule has 0 atom stereocenters. The van der Waals surface area contributed by atoms with Crippen LogP contribution in [0.4, 0.5) is 26.0 Å². The van der Waals surface area contributed by atoms with E-state index in [0.29, 0.717) is 18.0 Å². The van der Waals surface area contributed by atoms with Crippen LogP contribution in [0, 0.1) is 11.6 Å². The van der Waals surface area contributed by atoms with E-state index in [9.17, 15) is 13.6 Å². The van der Waals surface area contributed by atoms with Gasteiger partial charge in [0.15, 0.2) is 0 Å². The monoisotopic (exact) mass is 370 g/mol. The van der Waals surface area contributed by atoms with Gasteiger partial charge in [-0.2, -0.15) is 0 Å².